The summed E-state index contributed by atoms with van der Waals surface area (Å²) >= 11 is 4.27. The molecule has 0 aliphatic carbocycles. The van der Waals surface area contributed by atoms with E-state index in [2.05, 4.69) is 20.9 Å². The highest BCUT2D eigenvalue weighted by Crippen LogP contribution is 2.48. The first kappa shape index (κ1) is 15.5. The van der Waals surface area contributed by atoms with E-state index in [1.54, 1.807) is 18.2 Å². The third kappa shape index (κ3) is 2.09. The van der Waals surface area contributed by atoms with Crippen LogP contribution >= 0.6 is 27.7 Å². The van der Waals surface area contributed by atoms with E-state index in [4.69, 9.17) is 5.73 Å². The second-order valence-electron chi connectivity index (χ2n) is 5.17. The Labute approximate surface area is 139 Å². The van der Waals surface area contributed by atoms with Gasteiger partial charge in [-0.05, 0) is 24.6 Å². The molecule has 22 heavy (non-hydrogen) atoms. The Morgan fingerprint density at radius 1 is 1.50 bits per heavy atom. The summed E-state index contributed by atoms with van der Waals surface area (Å²) in [6, 6.07) is 5.24. The molecule has 2 amide bonds. The van der Waals surface area contributed by atoms with Crippen molar-refractivity contribution in [2.75, 3.05) is 11.4 Å². The van der Waals surface area contributed by atoms with E-state index in [0.29, 0.717) is 17.8 Å². The molecular weight excluding hydrogens is 370 g/mol. The minimum atomic E-state index is -1.94. The molecular formula is C14H14BrN3O3S. The minimum absolute atomic E-state index is 0.0710. The molecule has 0 saturated heterocycles. The van der Waals surface area contributed by atoms with Gasteiger partial charge in [0.25, 0.3) is 11.8 Å². The fourth-order valence-electron chi connectivity index (χ4n) is 2.81. The fraction of sp³-hybridized carbons (Fsp3) is 0.357. The number of amides is 2. The maximum Gasteiger partial charge on any atom is 0.265 e. The summed E-state index contributed by atoms with van der Waals surface area (Å²) in [5.41, 5.74) is 4.67. The Morgan fingerprint density at radius 3 is 2.82 bits per heavy atom. The van der Waals surface area contributed by atoms with Gasteiger partial charge in [-0.3, -0.25) is 9.59 Å². The molecule has 6 nitrogen and oxygen atoms in total. The summed E-state index contributed by atoms with van der Waals surface area (Å²) < 4.78 is 0.722. The minimum Gasteiger partial charge on any atom is -0.378 e. The van der Waals surface area contributed by atoms with Crippen molar-refractivity contribution < 1.29 is 14.7 Å². The van der Waals surface area contributed by atoms with E-state index < -0.39 is 22.7 Å². The van der Waals surface area contributed by atoms with E-state index in [0.717, 1.165) is 22.7 Å². The number of nitrogens with two attached hydrogens (primary N) is 1. The van der Waals surface area contributed by atoms with E-state index in [9.17, 15) is 14.7 Å². The zero-order valence-electron chi connectivity index (χ0n) is 11.7. The zero-order chi connectivity index (χ0) is 16.1. The van der Waals surface area contributed by atoms with Gasteiger partial charge >= 0.3 is 0 Å². The summed E-state index contributed by atoms with van der Waals surface area (Å²) in [6.45, 7) is 2.41. The third-order valence-corrected chi connectivity index (χ3v) is 5.35. The zero-order valence-corrected chi connectivity index (χ0v) is 14.1. The number of aliphatic hydroxyl groups is 1. The molecule has 3 rings (SSSR count). The number of rotatable bonds is 3. The normalized spacial score (nSPS) is 27.3. The largest absolute Gasteiger partial charge is 0.378 e. The molecule has 8 heteroatoms. The Balaban J connectivity index is 2.14. The average Bonchev–Trinajstić information content (AvgIpc) is 2.91. The number of carbonyl (C=O) groups excluding carboxylic acids is 2. The van der Waals surface area contributed by atoms with Crippen LogP contribution in [0.2, 0.25) is 0 Å². The molecule has 0 bridgehead atoms. The van der Waals surface area contributed by atoms with Crippen molar-refractivity contribution in [3.63, 3.8) is 0 Å². The molecule has 0 spiro atoms. The van der Waals surface area contributed by atoms with E-state index in [1.165, 1.54) is 4.90 Å². The van der Waals surface area contributed by atoms with Gasteiger partial charge in [-0.2, -0.15) is 4.99 Å². The second-order valence-corrected chi connectivity index (χ2v) is 7.21. The number of thioether (sulfide) groups is 1. The van der Waals surface area contributed by atoms with E-state index in [1.807, 2.05) is 6.92 Å². The predicted molar refractivity (Wildman–Crippen MR) is 88.7 cm³/mol. The van der Waals surface area contributed by atoms with Gasteiger partial charge < -0.3 is 15.7 Å². The van der Waals surface area contributed by atoms with Crippen LogP contribution in [0, 0.1) is 0 Å². The Kier molecular flexibility index (Phi) is 3.78. The molecule has 0 aromatic heterocycles. The summed E-state index contributed by atoms with van der Waals surface area (Å²) in [6.07, 6.45) is 0.738. The standard InChI is InChI=1S/C14H14BrN3O3S/c1-2-5-18-9-4-3-7(15)6-8(9)14(21,12(18)20)10-11(19)17-13(16)22-10/h3-4,6,10,21H,2,5H2,1H3,(H2,16,17,19). The van der Waals surface area contributed by atoms with Crippen molar-refractivity contribution in [3.8, 4) is 0 Å². The number of nitrogens with zero attached hydrogens (tertiary/aromatic N) is 2. The predicted octanol–water partition coefficient (Wildman–Crippen LogP) is 1.35. The Hall–Kier alpha value is -1.38. The monoisotopic (exact) mass is 383 g/mol. The summed E-state index contributed by atoms with van der Waals surface area (Å²) in [5, 5.41) is 10.2. The molecule has 0 radical (unpaired) electrons. The van der Waals surface area contributed by atoms with Crippen molar-refractivity contribution in [1.29, 1.82) is 0 Å². The van der Waals surface area contributed by atoms with Gasteiger partial charge in [0.05, 0.1) is 5.69 Å². The van der Waals surface area contributed by atoms with Crippen LogP contribution in [-0.2, 0) is 15.2 Å². The molecule has 1 aromatic carbocycles. The molecule has 1 aromatic rings. The van der Waals surface area contributed by atoms with Crippen molar-refractivity contribution in [2.24, 2.45) is 10.7 Å². The Morgan fingerprint density at radius 2 is 2.23 bits per heavy atom. The van der Waals surface area contributed by atoms with E-state index >= 15 is 0 Å². The highest BCUT2D eigenvalue weighted by molar-refractivity contribution is 9.10. The quantitative estimate of drug-likeness (QED) is 0.820. The van der Waals surface area contributed by atoms with Crippen LogP contribution < -0.4 is 10.6 Å². The van der Waals surface area contributed by atoms with Crippen LogP contribution in [0.15, 0.2) is 27.7 Å². The number of halogens is 1. The first-order chi connectivity index (χ1) is 10.4. The van der Waals surface area contributed by atoms with Crippen LogP contribution in [0.3, 0.4) is 0 Å². The molecule has 0 saturated carbocycles. The van der Waals surface area contributed by atoms with Crippen molar-refractivity contribution >= 4 is 50.4 Å². The number of aliphatic imine (C=N–C) groups is 1. The smallest absolute Gasteiger partial charge is 0.265 e. The Bertz CT molecular complexity index is 709. The first-order valence-electron chi connectivity index (χ1n) is 6.78. The lowest BCUT2D eigenvalue weighted by Crippen LogP contribution is -2.49. The van der Waals surface area contributed by atoms with Gasteiger partial charge in [-0.1, -0.05) is 34.6 Å². The maximum absolute atomic E-state index is 12.8. The van der Waals surface area contributed by atoms with Crippen molar-refractivity contribution in [3.05, 3.63) is 28.2 Å². The summed E-state index contributed by atoms with van der Waals surface area (Å²) in [5.74, 6) is -1.08. The number of hydrogen-bond donors (Lipinski definition) is 2. The van der Waals surface area contributed by atoms with E-state index in [-0.39, 0.29) is 5.17 Å². The molecule has 2 aliphatic rings. The summed E-state index contributed by atoms with van der Waals surface area (Å²) in [7, 11) is 0. The van der Waals surface area contributed by atoms with Crippen molar-refractivity contribution in [2.45, 2.75) is 24.2 Å². The highest BCUT2D eigenvalue weighted by Gasteiger charge is 2.59. The lowest BCUT2D eigenvalue weighted by molar-refractivity contribution is -0.140. The number of hydrogen-bond acceptors (Lipinski definition) is 5. The SMILES string of the molecule is CCCN1C(=O)C(O)(C2SC(N)=NC2=O)c2cc(Br)ccc21. The molecule has 2 heterocycles. The molecule has 2 atom stereocenters. The average molecular weight is 384 g/mol. The first-order valence-corrected chi connectivity index (χ1v) is 8.46. The lowest BCUT2D eigenvalue weighted by Gasteiger charge is -2.26. The second kappa shape index (κ2) is 5.36. The molecule has 2 aliphatic heterocycles. The highest BCUT2D eigenvalue weighted by atomic mass is 79.9. The maximum atomic E-state index is 12.8. The summed E-state index contributed by atoms with van der Waals surface area (Å²) in [4.78, 5) is 30.0. The third-order valence-electron chi connectivity index (χ3n) is 3.74. The number of benzene rings is 1. The molecule has 2 unspecified atom stereocenters. The van der Waals surface area contributed by atoms with Gasteiger partial charge in [-0.25, -0.2) is 0 Å². The van der Waals surface area contributed by atoms with Gasteiger partial charge in [-0.15, -0.1) is 0 Å². The van der Waals surface area contributed by atoms with Gasteiger partial charge in [0.15, 0.2) is 10.8 Å². The van der Waals surface area contributed by atoms with Crippen LogP contribution in [0.5, 0.6) is 0 Å². The lowest BCUT2D eigenvalue weighted by atomic mass is 9.91. The van der Waals surface area contributed by atoms with Crippen LogP contribution in [0.1, 0.15) is 18.9 Å². The van der Waals surface area contributed by atoms with Gasteiger partial charge in [0.2, 0.25) is 0 Å². The topological polar surface area (TPSA) is 96.0 Å². The van der Waals surface area contributed by atoms with Crippen LogP contribution in [0.4, 0.5) is 5.69 Å². The van der Waals surface area contributed by atoms with Crippen LogP contribution in [0.25, 0.3) is 0 Å². The fourth-order valence-corrected chi connectivity index (χ4v) is 4.10. The van der Waals surface area contributed by atoms with Gasteiger partial charge in [0.1, 0.15) is 5.25 Å². The number of carbonyl (C=O) groups is 2. The number of fused-ring (bicyclic) bond motifs is 1. The van der Waals surface area contributed by atoms with Crippen molar-refractivity contribution in [1.82, 2.24) is 0 Å². The molecule has 3 N–H and O–H groups in total. The molecule has 0 fully saturated rings. The number of amidine groups is 1. The molecule has 116 valence electrons. The van der Waals surface area contributed by atoms with Crippen LogP contribution in [-0.4, -0.2) is 33.9 Å². The van der Waals surface area contributed by atoms with Gasteiger partial charge in [0, 0.05) is 16.6 Å². The number of anilines is 1.